The van der Waals surface area contributed by atoms with Crippen LogP contribution in [0.1, 0.15) is 5.56 Å². The molecule has 1 aliphatic rings. The molecule has 7 nitrogen and oxygen atoms in total. The second-order valence-electron chi connectivity index (χ2n) is 7.93. The summed E-state index contributed by atoms with van der Waals surface area (Å²) < 4.78 is 11.2. The maximum Gasteiger partial charge on any atom is 0.323 e. The molecule has 1 aliphatic heterocycles. The zero-order valence-electron chi connectivity index (χ0n) is 17.9. The summed E-state index contributed by atoms with van der Waals surface area (Å²) in [5, 5.41) is 8.29. The molecule has 0 unspecified atom stereocenters. The highest BCUT2D eigenvalue weighted by molar-refractivity contribution is 6.30. The number of piperazine rings is 1. The zero-order chi connectivity index (χ0) is 22.6. The minimum absolute atomic E-state index is 0.161. The summed E-state index contributed by atoms with van der Waals surface area (Å²) in [6.45, 7) is 3.63. The smallest absolute Gasteiger partial charge is 0.323 e. The lowest BCUT2D eigenvalue weighted by Crippen LogP contribution is -2.49. The first-order valence-corrected chi connectivity index (χ1v) is 11.2. The summed E-state index contributed by atoms with van der Waals surface area (Å²) in [6.07, 6.45) is 0. The van der Waals surface area contributed by atoms with Crippen molar-refractivity contribution < 1.29 is 14.1 Å². The predicted molar refractivity (Wildman–Crippen MR) is 128 cm³/mol. The van der Waals surface area contributed by atoms with Gasteiger partial charge in [0.2, 0.25) is 0 Å². The number of nitrogens with zero attached hydrogens (tertiary/aromatic N) is 3. The van der Waals surface area contributed by atoms with E-state index in [1.165, 1.54) is 0 Å². The van der Waals surface area contributed by atoms with Crippen molar-refractivity contribution in [3.63, 3.8) is 0 Å². The van der Waals surface area contributed by atoms with Crippen molar-refractivity contribution in [1.29, 1.82) is 0 Å². The van der Waals surface area contributed by atoms with E-state index in [0.717, 1.165) is 36.3 Å². The number of para-hydroxylation sites is 1. The molecule has 1 saturated heterocycles. The molecule has 1 aromatic heterocycles. The van der Waals surface area contributed by atoms with E-state index in [-0.39, 0.29) is 6.03 Å². The molecule has 1 N–H and O–H groups in total. The first-order chi connectivity index (χ1) is 16.1. The number of hydrogen-bond donors (Lipinski definition) is 1. The molecule has 0 radical (unpaired) electrons. The third kappa shape index (κ3) is 5.10. The average Bonchev–Trinajstić information content (AvgIpc) is 3.23. The van der Waals surface area contributed by atoms with Gasteiger partial charge in [-0.15, -0.1) is 0 Å². The van der Waals surface area contributed by atoms with E-state index in [4.69, 9.17) is 20.9 Å². The number of halogens is 1. The summed E-state index contributed by atoms with van der Waals surface area (Å²) in [5.41, 5.74) is 1.81. The molecule has 0 aliphatic carbocycles. The fraction of sp³-hybridized carbons (Fsp3) is 0.200. The van der Waals surface area contributed by atoms with Gasteiger partial charge in [-0.1, -0.05) is 47.1 Å². The predicted octanol–water partition coefficient (Wildman–Crippen LogP) is 5.62. The van der Waals surface area contributed by atoms with Crippen molar-refractivity contribution in [2.45, 2.75) is 6.54 Å². The number of amides is 2. The topological polar surface area (TPSA) is 70.8 Å². The van der Waals surface area contributed by atoms with Gasteiger partial charge in [-0.2, -0.15) is 0 Å². The van der Waals surface area contributed by atoms with E-state index in [2.05, 4.69) is 21.4 Å². The summed E-state index contributed by atoms with van der Waals surface area (Å²) >= 11 is 6.04. The Balaban J connectivity index is 1.15. The van der Waals surface area contributed by atoms with Crippen LogP contribution in [0.4, 0.5) is 10.6 Å². The van der Waals surface area contributed by atoms with E-state index < -0.39 is 0 Å². The van der Waals surface area contributed by atoms with Gasteiger partial charge in [0.05, 0.1) is 5.39 Å². The highest BCUT2D eigenvalue weighted by Crippen LogP contribution is 2.26. The van der Waals surface area contributed by atoms with Gasteiger partial charge in [-0.05, 0) is 48.0 Å². The monoisotopic (exact) mass is 462 g/mol. The van der Waals surface area contributed by atoms with E-state index >= 15 is 0 Å². The largest absolute Gasteiger partial charge is 0.457 e. The van der Waals surface area contributed by atoms with Crippen molar-refractivity contribution in [2.24, 2.45) is 0 Å². The number of carbonyl (C=O) groups excluding carboxylic acids is 1. The van der Waals surface area contributed by atoms with Crippen molar-refractivity contribution in [3.8, 4) is 11.5 Å². The third-order valence-corrected chi connectivity index (χ3v) is 5.83. The van der Waals surface area contributed by atoms with E-state index in [9.17, 15) is 4.79 Å². The Kier molecular flexibility index (Phi) is 6.15. The lowest BCUT2D eigenvalue weighted by atomic mass is 10.2. The zero-order valence-corrected chi connectivity index (χ0v) is 18.7. The normalized spacial score (nSPS) is 14.4. The van der Waals surface area contributed by atoms with Crippen LogP contribution in [0.2, 0.25) is 5.02 Å². The van der Waals surface area contributed by atoms with Crippen LogP contribution < -0.4 is 10.1 Å². The van der Waals surface area contributed by atoms with Crippen LogP contribution in [0.5, 0.6) is 11.5 Å². The Labute approximate surface area is 196 Å². The Morgan fingerprint density at radius 2 is 1.73 bits per heavy atom. The number of benzene rings is 3. The molecular weight excluding hydrogens is 440 g/mol. The number of aromatic nitrogens is 1. The molecule has 2 heterocycles. The fourth-order valence-electron chi connectivity index (χ4n) is 3.90. The molecule has 0 spiro atoms. The molecule has 168 valence electrons. The molecule has 0 bridgehead atoms. The quantitative estimate of drug-likeness (QED) is 0.416. The molecule has 0 saturated carbocycles. The van der Waals surface area contributed by atoms with Crippen LogP contribution in [-0.2, 0) is 6.54 Å². The molecule has 33 heavy (non-hydrogen) atoms. The summed E-state index contributed by atoms with van der Waals surface area (Å²) in [5.74, 6) is 1.93. The maximum atomic E-state index is 12.7. The molecule has 5 rings (SSSR count). The van der Waals surface area contributed by atoms with Gasteiger partial charge in [-0.25, -0.2) is 4.79 Å². The summed E-state index contributed by atoms with van der Waals surface area (Å²) in [6, 6.07) is 22.7. The van der Waals surface area contributed by atoms with Crippen molar-refractivity contribution in [3.05, 3.63) is 83.4 Å². The van der Waals surface area contributed by atoms with Gasteiger partial charge in [-0.3, -0.25) is 10.2 Å². The number of anilines is 1. The first kappa shape index (κ1) is 21.3. The number of ether oxygens (including phenoxy) is 1. The number of fused-ring (bicyclic) bond motifs is 1. The van der Waals surface area contributed by atoms with Crippen LogP contribution in [-0.4, -0.2) is 47.2 Å². The Hall–Kier alpha value is -3.55. The summed E-state index contributed by atoms with van der Waals surface area (Å²) in [4.78, 5) is 16.8. The maximum absolute atomic E-state index is 12.7. The van der Waals surface area contributed by atoms with E-state index in [0.29, 0.717) is 35.3 Å². The van der Waals surface area contributed by atoms with Gasteiger partial charge in [0.15, 0.2) is 11.4 Å². The Morgan fingerprint density at radius 3 is 2.55 bits per heavy atom. The Morgan fingerprint density at radius 1 is 0.970 bits per heavy atom. The van der Waals surface area contributed by atoms with Crippen LogP contribution >= 0.6 is 11.6 Å². The van der Waals surface area contributed by atoms with Gasteiger partial charge >= 0.3 is 6.03 Å². The minimum atomic E-state index is -0.161. The lowest BCUT2D eigenvalue weighted by molar-refractivity contribution is 0.143. The molecule has 8 heteroatoms. The Bertz CT molecular complexity index is 1270. The molecule has 0 atom stereocenters. The average molecular weight is 463 g/mol. The second-order valence-corrected chi connectivity index (χ2v) is 8.36. The molecule has 4 aromatic rings. The number of carbonyl (C=O) groups is 1. The van der Waals surface area contributed by atoms with Crippen LogP contribution in [0.25, 0.3) is 11.0 Å². The van der Waals surface area contributed by atoms with Crippen molar-refractivity contribution >= 4 is 34.4 Å². The number of hydrogen-bond acceptors (Lipinski definition) is 5. The van der Waals surface area contributed by atoms with Crippen LogP contribution in [0, 0.1) is 0 Å². The SMILES string of the molecule is O=C(Nc1noc2ccccc12)N1CCN(Cc2cccc(Oc3cccc(Cl)c3)c2)CC1. The number of nitrogens with one attached hydrogen (secondary N) is 1. The fourth-order valence-corrected chi connectivity index (χ4v) is 4.08. The number of rotatable bonds is 5. The molecule has 1 fully saturated rings. The van der Waals surface area contributed by atoms with Gasteiger partial charge in [0.25, 0.3) is 0 Å². The molecule has 3 aromatic carbocycles. The van der Waals surface area contributed by atoms with Gasteiger partial charge < -0.3 is 14.2 Å². The third-order valence-electron chi connectivity index (χ3n) is 5.60. The van der Waals surface area contributed by atoms with Crippen LogP contribution in [0.15, 0.2) is 77.3 Å². The number of urea groups is 1. The lowest BCUT2D eigenvalue weighted by Gasteiger charge is -2.34. The minimum Gasteiger partial charge on any atom is -0.457 e. The van der Waals surface area contributed by atoms with E-state index in [1.807, 2.05) is 60.7 Å². The van der Waals surface area contributed by atoms with Crippen molar-refractivity contribution in [2.75, 3.05) is 31.5 Å². The highest BCUT2D eigenvalue weighted by Gasteiger charge is 2.22. The summed E-state index contributed by atoms with van der Waals surface area (Å²) in [7, 11) is 0. The first-order valence-electron chi connectivity index (χ1n) is 10.8. The molecular formula is C25H23ClN4O3. The van der Waals surface area contributed by atoms with E-state index in [1.54, 1.807) is 11.0 Å². The molecule has 2 amide bonds. The standard InChI is InChI=1S/C25H23ClN4O3/c26-19-6-4-8-21(16-19)32-20-7-3-5-18(15-20)17-29-11-13-30(14-12-29)25(31)27-24-22-9-1-2-10-23(22)33-28-24/h1-10,15-16H,11-14,17H2,(H,27,28,31). The second kappa shape index (κ2) is 9.52. The van der Waals surface area contributed by atoms with Gasteiger partial charge in [0, 0.05) is 37.7 Å². The van der Waals surface area contributed by atoms with Crippen LogP contribution in [0.3, 0.4) is 0 Å². The van der Waals surface area contributed by atoms with Crippen molar-refractivity contribution in [1.82, 2.24) is 15.0 Å². The highest BCUT2D eigenvalue weighted by atomic mass is 35.5. The van der Waals surface area contributed by atoms with Gasteiger partial charge in [0.1, 0.15) is 11.5 Å².